The third kappa shape index (κ3) is 5.33. The highest BCUT2D eigenvalue weighted by Gasteiger charge is 2.39. The van der Waals surface area contributed by atoms with E-state index in [-0.39, 0.29) is 29.2 Å². The molecule has 0 radical (unpaired) electrons. The van der Waals surface area contributed by atoms with Gasteiger partial charge in [-0.15, -0.1) is 0 Å². The number of amides is 2. The van der Waals surface area contributed by atoms with Crippen LogP contribution in [0, 0.1) is 5.92 Å². The number of nitrogens with zero attached hydrogens (tertiary/aromatic N) is 4. The zero-order valence-electron chi connectivity index (χ0n) is 21.4. The number of benzene rings is 2. The maximum atomic E-state index is 14.0. The highest BCUT2D eigenvalue weighted by molar-refractivity contribution is 9.10. The Hall–Kier alpha value is -2.14. The highest BCUT2D eigenvalue weighted by Crippen LogP contribution is 2.40. The smallest absolute Gasteiger partial charge is 0.245 e. The van der Waals surface area contributed by atoms with Gasteiger partial charge in [0, 0.05) is 67.4 Å². The molecule has 11 heteroatoms. The summed E-state index contributed by atoms with van der Waals surface area (Å²) in [6.07, 6.45) is 2.20. The summed E-state index contributed by atoms with van der Waals surface area (Å²) in [5.41, 5.74) is 2.38. The molecule has 3 heterocycles. The maximum absolute atomic E-state index is 14.0. The van der Waals surface area contributed by atoms with Crippen molar-refractivity contribution in [3.63, 3.8) is 0 Å². The van der Waals surface area contributed by atoms with Gasteiger partial charge in [0.25, 0.3) is 0 Å². The van der Waals surface area contributed by atoms with Crippen LogP contribution in [0.1, 0.15) is 31.7 Å². The summed E-state index contributed by atoms with van der Waals surface area (Å²) < 4.78 is 30.0. The number of carbonyl (C=O) groups is 2. The predicted molar refractivity (Wildman–Crippen MR) is 152 cm³/mol. The average Bonchev–Trinajstić information content (AvgIpc) is 3.35. The van der Waals surface area contributed by atoms with E-state index in [1.807, 2.05) is 35.2 Å². The van der Waals surface area contributed by atoms with Crippen molar-refractivity contribution in [2.24, 2.45) is 5.92 Å². The van der Waals surface area contributed by atoms with Gasteiger partial charge in [0.2, 0.25) is 21.8 Å². The molecule has 2 fully saturated rings. The van der Waals surface area contributed by atoms with Crippen LogP contribution < -0.4 is 9.80 Å². The fraction of sp³-hybridized carbons (Fsp3) is 0.481. The Labute approximate surface area is 237 Å². The minimum Gasteiger partial charge on any atom is -0.368 e. The maximum Gasteiger partial charge on any atom is 0.245 e. The molecule has 1 atom stereocenters. The summed E-state index contributed by atoms with van der Waals surface area (Å²) in [6.45, 7) is 5.34. The number of carbonyl (C=O) groups excluding carboxylic acids is 2. The SMILES string of the molecule is CCC(=O)N1CCc2cc(Br)cc(S(=O)(=O)N3CCCC(C(=O)N4CCN(c5cccc(Cl)c5)CC4)C3)c21. The van der Waals surface area contributed by atoms with Crippen LogP contribution in [0.5, 0.6) is 0 Å². The molecule has 0 saturated carbocycles. The van der Waals surface area contributed by atoms with Gasteiger partial charge in [0.1, 0.15) is 4.90 Å². The topological polar surface area (TPSA) is 81.2 Å². The lowest BCUT2D eigenvalue weighted by molar-refractivity contribution is -0.137. The molecule has 3 aliphatic heterocycles. The lowest BCUT2D eigenvalue weighted by Gasteiger charge is -2.39. The molecular weight excluding hydrogens is 592 g/mol. The molecule has 38 heavy (non-hydrogen) atoms. The van der Waals surface area contributed by atoms with Gasteiger partial charge in [0.05, 0.1) is 11.6 Å². The van der Waals surface area contributed by atoms with Crippen molar-refractivity contribution in [1.29, 1.82) is 0 Å². The van der Waals surface area contributed by atoms with Gasteiger partial charge in [0.15, 0.2) is 0 Å². The van der Waals surface area contributed by atoms with Gasteiger partial charge >= 0.3 is 0 Å². The Kier molecular flexibility index (Phi) is 8.05. The number of hydrogen-bond acceptors (Lipinski definition) is 5. The van der Waals surface area contributed by atoms with Crippen molar-refractivity contribution in [1.82, 2.24) is 9.21 Å². The van der Waals surface area contributed by atoms with Crippen LogP contribution in [0.2, 0.25) is 5.02 Å². The molecule has 5 rings (SSSR count). The minimum absolute atomic E-state index is 0.0119. The van der Waals surface area contributed by atoms with E-state index in [0.29, 0.717) is 80.1 Å². The molecule has 0 aliphatic carbocycles. The lowest BCUT2D eigenvalue weighted by atomic mass is 9.97. The van der Waals surface area contributed by atoms with E-state index in [4.69, 9.17) is 11.6 Å². The van der Waals surface area contributed by atoms with Crippen LogP contribution in [0.15, 0.2) is 45.8 Å². The lowest BCUT2D eigenvalue weighted by Crippen LogP contribution is -2.53. The van der Waals surface area contributed by atoms with Crippen LogP contribution in [-0.2, 0) is 26.0 Å². The summed E-state index contributed by atoms with van der Waals surface area (Å²) >= 11 is 9.60. The van der Waals surface area contributed by atoms with E-state index in [2.05, 4.69) is 20.8 Å². The Morgan fingerprint density at radius 3 is 2.53 bits per heavy atom. The number of halogens is 2. The van der Waals surface area contributed by atoms with Crippen molar-refractivity contribution in [3.05, 3.63) is 51.5 Å². The molecule has 0 N–H and O–H groups in total. The minimum atomic E-state index is -3.91. The molecule has 2 amide bonds. The third-order valence-corrected chi connectivity index (χ3v) is 10.3. The molecule has 204 valence electrons. The van der Waals surface area contributed by atoms with Gasteiger partial charge in [-0.05, 0) is 55.2 Å². The summed E-state index contributed by atoms with van der Waals surface area (Å²) in [6, 6.07) is 11.2. The second kappa shape index (κ2) is 11.2. The number of hydrogen-bond donors (Lipinski definition) is 0. The molecule has 2 aromatic carbocycles. The zero-order valence-corrected chi connectivity index (χ0v) is 24.6. The first-order chi connectivity index (χ1) is 18.2. The molecule has 2 aromatic rings. The van der Waals surface area contributed by atoms with Crippen LogP contribution >= 0.6 is 27.5 Å². The summed E-state index contributed by atoms with van der Waals surface area (Å²) in [5, 5.41) is 0.683. The second-order valence-corrected chi connectivity index (χ2v) is 13.3. The van der Waals surface area contributed by atoms with E-state index in [9.17, 15) is 18.0 Å². The number of fused-ring (bicyclic) bond motifs is 1. The zero-order chi connectivity index (χ0) is 27.0. The van der Waals surface area contributed by atoms with Crippen molar-refractivity contribution in [2.75, 3.05) is 55.6 Å². The number of sulfonamides is 1. The van der Waals surface area contributed by atoms with Gasteiger partial charge < -0.3 is 14.7 Å². The van der Waals surface area contributed by atoms with Gasteiger partial charge in [-0.3, -0.25) is 9.59 Å². The van der Waals surface area contributed by atoms with Gasteiger partial charge in [-0.1, -0.05) is 40.5 Å². The second-order valence-electron chi connectivity index (χ2n) is 10.1. The van der Waals surface area contributed by atoms with Crippen LogP contribution in [0.25, 0.3) is 0 Å². The molecule has 2 saturated heterocycles. The van der Waals surface area contributed by atoms with Gasteiger partial charge in [-0.25, -0.2) is 8.42 Å². The summed E-state index contributed by atoms with van der Waals surface area (Å²) in [7, 11) is -3.91. The quantitative estimate of drug-likeness (QED) is 0.500. The fourth-order valence-corrected chi connectivity index (χ4v) is 8.35. The van der Waals surface area contributed by atoms with E-state index in [0.717, 1.165) is 11.3 Å². The van der Waals surface area contributed by atoms with E-state index >= 15 is 0 Å². The predicted octanol–water partition coefficient (Wildman–Crippen LogP) is 4.15. The Bertz CT molecular complexity index is 1350. The molecule has 0 aromatic heterocycles. The molecule has 0 spiro atoms. The van der Waals surface area contributed by atoms with Crippen molar-refractivity contribution >= 4 is 60.7 Å². The first kappa shape index (κ1) is 27.4. The standard InChI is InChI=1S/C27H32BrClN4O4S/c1-2-25(34)33-10-8-19-15-21(28)16-24(26(19)33)38(36,37)32-9-4-5-20(18-32)27(35)31-13-11-30(12-14-31)23-7-3-6-22(29)17-23/h3,6-7,15-17,20H,2,4-5,8-14,18H2,1H3. The molecule has 8 nitrogen and oxygen atoms in total. The van der Waals surface area contributed by atoms with E-state index < -0.39 is 10.0 Å². The Morgan fingerprint density at radius 1 is 1.05 bits per heavy atom. The Morgan fingerprint density at radius 2 is 1.82 bits per heavy atom. The largest absolute Gasteiger partial charge is 0.368 e. The van der Waals surface area contributed by atoms with Crippen molar-refractivity contribution in [2.45, 2.75) is 37.5 Å². The number of piperidine rings is 1. The average molecular weight is 624 g/mol. The molecule has 1 unspecified atom stereocenters. The molecule has 3 aliphatic rings. The van der Waals surface area contributed by atoms with Crippen LogP contribution in [-0.4, -0.2) is 75.3 Å². The number of anilines is 2. The van der Waals surface area contributed by atoms with Crippen molar-refractivity contribution in [3.8, 4) is 0 Å². The Balaban J connectivity index is 1.31. The summed E-state index contributed by atoms with van der Waals surface area (Å²) in [5.74, 6) is -0.464. The van der Waals surface area contributed by atoms with Crippen LogP contribution in [0.4, 0.5) is 11.4 Å². The van der Waals surface area contributed by atoms with E-state index in [1.165, 1.54) is 4.31 Å². The molecular formula is C27H32BrClN4O4S. The fourth-order valence-electron chi connectivity index (χ4n) is 5.72. The first-order valence-electron chi connectivity index (χ1n) is 13.1. The number of piperazine rings is 1. The normalized spacial score (nSPS) is 20.5. The molecule has 0 bridgehead atoms. The van der Waals surface area contributed by atoms with Crippen LogP contribution in [0.3, 0.4) is 0 Å². The highest BCUT2D eigenvalue weighted by atomic mass is 79.9. The van der Waals surface area contributed by atoms with E-state index in [1.54, 1.807) is 17.9 Å². The monoisotopic (exact) mass is 622 g/mol. The number of rotatable bonds is 5. The first-order valence-corrected chi connectivity index (χ1v) is 15.7. The van der Waals surface area contributed by atoms with Gasteiger partial charge in [-0.2, -0.15) is 4.31 Å². The third-order valence-electron chi connectivity index (χ3n) is 7.71. The summed E-state index contributed by atoms with van der Waals surface area (Å²) in [4.78, 5) is 31.9. The van der Waals surface area contributed by atoms with Crippen molar-refractivity contribution < 1.29 is 18.0 Å².